The summed E-state index contributed by atoms with van der Waals surface area (Å²) in [7, 11) is 0. The van der Waals surface area contributed by atoms with Crippen LogP contribution in [-0.2, 0) is 0 Å². The highest BCUT2D eigenvalue weighted by Crippen LogP contribution is 2.26. The van der Waals surface area contributed by atoms with Crippen molar-refractivity contribution in [3.8, 4) is 11.3 Å². The van der Waals surface area contributed by atoms with Gasteiger partial charge >= 0.3 is 0 Å². The van der Waals surface area contributed by atoms with E-state index < -0.39 is 4.92 Å². The molecule has 8 heteroatoms. The van der Waals surface area contributed by atoms with Crippen LogP contribution in [0.5, 0.6) is 0 Å². The van der Waals surface area contributed by atoms with Crippen LogP contribution >= 0.6 is 11.3 Å². The maximum atomic E-state index is 12.6. The molecule has 0 aliphatic heterocycles. The van der Waals surface area contributed by atoms with Gasteiger partial charge in [0.1, 0.15) is 11.5 Å². The highest BCUT2D eigenvalue weighted by atomic mass is 32.1. The number of nitro benzene ring substituents is 1. The first kappa shape index (κ1) is 21.0. The van der Waals surface area contributed by atoms with Crippen molar-refractivity contribution in [1.82, 2.24) is 0 Å². The minimum atomic E-state index is -0.469. The summed E-state index contributed by atoms with van der Waals surface area (Å²) in [5.74, 6) is 0.399. The van der Waals surface area contributed by atoms with Gasteiger partial charge in [-0.15, -0.1) is 11.3 Å². The Labute approximate surface area is 186 Å². The predicted octanol–water partition coefficient (Wildman–Crippen LogP) is 6.06. The van der Waals surface area contributed by atoms with Crippen LogP contribution in [0.2, 0.25) is 0 Å². The Kier molecular flexibility index (Phi) is 6.05. The van der Waals surface area contributed by atoms with E-state index in [1.807, 2.05) is 5.38 Å². The van der Waals surface area contributed by atoms with Gasteiger partial charge in [0.05, 0.1) is 9.80 Å². The molecule has 0 spiro atoms. The summed E-state index contributed by atoms with van der Waals surface area (Å²) in [6.07, 6.45) is 2.90. The standard InChI is InChI=1S/C24H16N2O5S/c27-21(16-4-1-6-18(14-16)25-24(28)23-8-3-13-32-23)11-9-20-10-12-22(31-20)17-5-2-7-19(15-17)26(29)30/h1-15H,(H,25,28)/b11-9+. The normalized spacial score (nSPS) is 10.9. The molecule has 0 saturated heterocycles. The van der Waals surface area contributed by atoms with E-state index in [0.717, 1.165) is 0 Å². The molecule has 0 bridgehead atoms. The summed E-state index contributed by atoms with van der Waals surface area (Å²) >= 11 is 1.34. The van der Waals surface area contributed by atoms with Crippen molar-refractivity contribution in [3.63, 3.8) is 0 Å². The Morgan fingerprint density at radius 2 is 1.84 bits per heavy atom. The zero-order valence-electron chi connectivity index (χ0n) is 16.6. The van der Waals surface area contributed by atoms with Gasteiger partial charge in [-0.3, -0.25) is 19.7 Å². The highest BCUT2D eigenvalue weighted by molar-refractivity contribution is 7.12. The van der Waals surface area contributed by atoms with Crippen LogP contribution in [0.3, 0.4) is 0 Å². The summed E-state index contributed by atoms with van der Waals surface area (Å²) in [5, 5.41) is 15.5. The minimum absolute atomic E-state index is 0.0304. The van der Waals surface area contributed by atoms with Crippen molar-refractivity contribution in [2.75, 3.05) is 5.32 Å². The summed E-state index contributed by atoms with van der Waals surface area (Å²) in [6, 6.07) is 19.7. The Morgan fingerprint density at radius 3 is 2.62 bits per heavy atom. The molecule has 1 amide bonds. The van der Waals surface area contributed by atoms with Gasteiger partial charge < -0.3 is 9.73 Å². The minimum Gasteiger partial charge on any atom is -0.457 e. The molecule has 0 atom stereocenters. The molecule has 1 N–H and O–H groups in total. The van der Waals surface area contributed by atoms with Gasteiger partial charge in [-0.25, -0.2) is 0 Å². The molecule has 0 unspecified atom stereocenters. The Morgan fingerprint density at radius 1 is 1.00 bits per heavy atom. The largest absolute Gasteiger partial charge is 0.457 e. The second-order valence-electron chi connectivity index (χ2n) is 6.72. The fourth-order valence-electron chi connectivity index (χ4n) is 2.98. The van der Waals surface area contributed by atoms with Crippen LogP contribution in [0, 0.1) is 10.1 Å². The molecule has 0 radical (unpaired) electrons. The molecule has 2 aromatic carbocycles. The van der Waals surface area contributed by atoms with Crippen LogP contribution in [0.4, 0.5) is 11.4 Å². The number of benzene rings is 2. The van der Waals surface area contributed by atoms with Gasteiger partial charge in [0.25, 0.3) is 11.6 Å². The third-order valence-electron chi connectivity index (χ3n) is 4.52. The maximum absolute atomic E-state index is 12.6. The van der Waals surface area contributed by atoms with Gasteiger partial charge in [0, 0.05) is 28.9 Å². The van der Waals surface area contributed by atoms with Crippen molar-refractivity contribution >= 4 is 40.5 Å². The van der Waals surface area contributed by atoms with Crippen LogP contribution in [0.1, 0.15) is 25.8 Å². The van der Waals surface area contributed by atoms with E-state index in [9.17, 15) is 19.7 Å². The number of nitrogens with zero attached hydrogens (tertiary/aromatic N) is 1. The number of hydrogen-bond donors (Lipinski definition) is 1. The summed E-state index contributed by atoms with van der Waals surface area (Å²) in [5.41, 5.74) is 1.47. The Hall–Kier alpha value is -4.30. The van der Waals surface area contributed by atoms with Crippen LogP contribution in [0.25, 0.3) is 17.4 Å². The van der Waals surface area contributed by atoms with Crippen LogP contribution < -0.4 is 5.32 Å². The molecule has 7 nitrogen and oxygen atoms in total. The number of allylic oxidation sites excluding steroid dienone is 1. The van der Waals surface area contributed by atoms with Gasteiger partial charge in [0.15, 0.2) is 5.78 Å². The number of anilines is 1. The van der Waals surface area contributed by atoms with Gasteiger partial charge in [-0.05, 0) is 47.9 Å². The average Bonchev–Trinajstić information content (AvgIpc) is 3.50. The second kappa shape index (κ2) is 9.23. The molecule has 0 aliphatic rings. The van der Waals surface area contributed by atoms with Crippen molar-refractivity contribution in [3.05, 3.63) is 111 Å². The third-order valence-corrected chi connectivity index (χ3v) is 5.39. The first-order valence-corrected chi connectivity index (χ1v) is 10.4. The molecular formula is C24H16N2O5S. The van der Waals surface area contributed by atoms with E-state index in [1.54, 1.807) is 60.7 Å². The lowest BCUT2D eigenvalue weighted by Gasteiger charge is -2.05. The molecule has 4 rings (SSSR count). The molecule has 32 heavy (non-hydrogen) atoms. The molecule has 158 valence electrons. The van der Waals surface area contributed by atoms with E-state index in [1.165, 1.54) is 35.6 Å². The van der Waals surface area contributed by atoms with Gasteiger partial charge in [-0.1, -0.05) is 30.3 Å². The lowest BCUT2D eigenvalue weighted by atomic mass is 10.1. The van der Waals surface area contributed by atoms with E-state index in [2.05, 4.69) is 5.32 Å². The maximum Gasteiger partial charge on any atom is 0.270 e. The molecule has 0 fully saturated rings. The second-order valence-corrected chi connectivity index (χ2v) is 7.67. The quantitative estimate of drug-likeness (QED) is 0.161. The topological polar surface area (TPSA) is 102 Å². The summed E-state index contributed by atoms with van der Waals surface area (Å²) < 4.78 is 5.69. The lowest BCUT2D eigenvalue weighted by molar-refractivity contribution is -0.384. The van der Waals surface area contributed by atoms with Gasteiger partial charge in [-0.2, -0.15) is 0 Å². The molecule has 0 aliphatic carbocycles. The first-order chi connectivity index (χ1) is 15.5. The number of ketones is 1. The lowest BCUT2D eigenvalue weighted by Crippen LogP contribution is -2.10. The zero-order chi connectivity index (χ0) is 22.5. The number of carbonyl (C=O) groups is 2. The Balaban J connectivity index is 1.45. The monoisotopic (exact) mass is 444 g/mol. The Bertz CT molecular complexity index is 1320. The number of amides is 1. The van der Waals surface area contributed by atoms with Crippen LogP contribution in [0.15, 0.2) is 88.7 Å². The van der Waals surface area contributed by atoms with Crippen molar-refractivity contribution in [1.29, 1.82) is 0 Å². The fraction of sp³-hybridized carbons (Fsp3) is 0. The van der Waals surface area contributed by atoms with Crippen molar-refractivity contribution < 1.29 is 18.9 Å². The zero-order valence-corrected chi connectivity index (χ0v) is 17.4. The molecule has 2 heterocycles. The number of thiophene rings is 1. The number of furan rings is 1. The van der Waals surface area contributed by atoms with E-state index in [0.29, 0.717) is 33.2 Å². The summed E-state index contributed by atoms with van der Waals surface area (Å²) in [6.45, 7) is 0. The highest BCUT2D eigenvalue weighted by Gasteiger charge is 2.11. The van der Waals surface area contributed by atoms with Crippen molar-refractivity contribution in [2.24, 2.45) is 0 Å². The smallest absolute Gasteiger partial charge is 0.270 e. The number of non-ortho nitro benzene ring substituents is 1. The third kappa shape index (κ3) is 4.88. The number of nitrogens with one attached hydrogen (secondary N) is 1. The molecular weight excluding hydrogens is 428 g/mol. The molecule has 4 aromatic rings. The number of rotatable bonds is 7. The van der Waals surface area contributed by atoms with Crippen LogP contribution in [-0.4, -0.2) is 16.6 Å². The van der Waals surface area contributed by atoms with E-state index >= 15 is 0 Å². The van der Waals surface area contributed by atoms with E-state index in [-0.39, 0.29) is 17.4 Å². The van der Waals surface area contributed by atoms with Crippen molar-refractivity contribution in [2.45, 2.75) is 0 Å². The SMILES string of the molecule is O=C(/C=C/c1ccc(-c2cccc([N+](=O)[O-])c2)o1)c1cccc(NC(=O)c2cccs2)c1. The fourth-order valence-corrected chi connectivity index (χ4v) is 3.59. The summed E-state index contributed by atoms with van der Waals surface area (Å²) in [4.78, 5) is 35.8. The number of nitro groups is 1. The molecule has 2 aromatic heterocycles. The molecule has 0 saturated carbocycles. The number of carbonyl (C=O) groups excluding carboxylic acids is 2. The number of hydrogen-bond acceptors (Lipinski definition) is 6. The van der Waals surface area contributed by atoms with E-state index in [4.69, 9.17) is 4.42 Å². The first-order valence-electron chi connectivity index (χ1n) is 9.51. The predicted molar refractivity (Wildman–Crippen MR) is 123 cm³/mol. The average molecular weight is 444 g/mol. The van der Waals surface area contributed by atoms with Gasteiger partial charge in [0.2, 0.25) is 0 Å².